The normalized spacial score (nSPS) is 11.9. The topological polar surface area (TPSA) is 45.0 Å². The van der Waals surface area contributed by atoms with Crippen molar-refractivity contribution in [3.05, 3.63) is 28.3 Å². The van der Waals surface area contributed by atoms with Crippen LogP contribution >= 0.6 is 11.6 Å². The van der Waals surface area contributed by atoms with E-state index >= 15 is 0 Å². The van der Waals surface area contributed by atoms with Crippen molar-refractivity contribution in [2.45, 2.75) is 25.8 Å². The van der Waals surface area contributed by atoms with Crippen LogP contribution in [0.15, 0.2) is 12.1 Å². The Bertz CT molecular complexity index is 426. The summed E-state index contributed by atoms with van der Waals surface area (Å²) in [5.74, 6) is 0.840. The molecule has 0 aromatic heterocycles. The van der Waals surface area contributed by atoms with E-state index in [4.69, 9.17) is 21.6 Å². The molecule has 1 aromatic rings. The summed E-state index contributed by atoms with van der Waals surface area (Å²) in [7, 11) is 3.52. The van der Waals surface area contributed by atoms with E-state index < -0.39 is 0 Å². The van der Waals surface area contributed by atoms with Gasteiger partial charge in [0.25, 0.3) is 0 Å². The highest BCUT2D eigenvalue weighted by Crippen LogP contribution is 2.33. The van der Waals surface area contributed by atoms with Gasteiger partial charge in [0, 0.05) is 23.0 Å². The Balaban J connectivity index is 3.13. The molecule has 0 fully saturated rings. The molecule has 0 aliphatic carbocycles. The highest BCUT2D eigenvalue weighted by molar-refractivity contribution is 6.30. The lowest BCUT2D eigenvalue weighted by atomic mass is 9.99. The summed E-state index contributed by atoms with van der Waals surface area (Å²) in [4.78, 5) is 0. The van der Waals surface area contributed by atoms with Crippen molar-refractivity contribution >= 4 is 11.6 Å². The van der Waals surface area contributed by atoms with Gasteiger partial charge in [-0.3, -0.25) is 0 Å². The average molecular weight is 253 g/mol. The minimum absolute atomic E-state index is 0.0852. The van der Waals surface area contributed by atoms with Crippen LogP contribution in [0.5, 0.6) is 5.75 Å². The van der Waals surface area contributed by atoms with Gasteiger partial charge in [0.15, 0.2) is 0 Å². The number of nitriles is 1. The van der Waals surface area contributed by atoms with Gasteiger partial charge >= 0.3 is 0 Å². The van der Waals surface area contributed by atoms with E-state index in [1.165, 1.54) is 0 Å². The molecule has 0 saturated carbocycles. The molecule has 0 bridgehead atoms. The van der Waals surface area contributed by atoms with E-state index in [1.54, 1.807) is 7.11 Å². The maximum atomic E-state index is 8.66. The summed E-state index contributed by atoms with van der Waals surface area (Å²) >= 11 is 6.07. The summed E-state index contributed by atoms with van der Waals surface area (Å²) in [6.45, 7) is 1.96. The van der Waals surface area contributed by atoms with Crippen molar-refractivity contribution < 1.29 is 4.74 Å². The minimum Gasteiger partial charge on any atom is -0.496 e. The lowest BCUT2D eigenvalue weighted by molar-refractivity contribution is 0.396. The van der Waals surface area contributed by atoms with Crippen molar-refractivity contribution in [3.8, 4) is 11.8 Å². The quantitative estimate of drug-likeness (QED) is 0.875. The van der Waals surface area contributed by atoms with Crippen molar-refractivity contribution in [2.24, 2.45) is 0 Å². The molecular weight excluding hydrogens is 236 g/mol. The SMILES string of the molecule is CNC(CCC#N)c1cc(Cl)cc(C)c1OC. The number of nitrogens with one attached hydrogen (secondary N) is 1. The van der Waals surface area contributed by atoms with E-state index in [0.717, 1.165) is 23.3 Å². The summed E-state index contributed by atoms with van der Waals surface area (Å²) < 4.78 is 5.41. The average Bonchev–Trinajstić information content (AvgIpc) is 2.29. The van der Waals surface area contributed by atoms with Crippen molar-refractivity contribution in [1.82, 2.24) is 5.32 Å². The Labute approximate surface area is 107 Å². The second kappa shape index (κ2) is 6.48. The van der Waals surface area contributed by atoms with Gasteiger partial charge in [-0.2, -0.15) is 5.26 Å². The zero-order valence-electron chi connectivity index (χ0n) is 10.4. The molecule has 0 heterocycles. The van der Waals surface area contributed by atoms with Crippen LogP contribution < -0.4 is 10.1 Å². The molecule has 0 spiro atoms. The minimum atomic E-state index is 0.0852. The number of nitrogens with zero attached hydrogens (tertiary/aromatic N) is 1. The van der Waals surface area contributed by atoms with Gasteiger partial charge in [-0.15, -0.1) is 0 Å². The number of benzene rings is 1. The first-order chi connectivity index (χ1) is 8.13. The molecule has 0 aliphatic rings. The number of hydrogen-bond donors (Lipinski definition) is 1. The first-order valence-electron chi connectivity index (χ1n) is 5.52. The number of rotatable bonds is 5. The maximum Gasteiger partial charge on any atom is 0.126 e. The second-order valence-corrected chi connectivity index (χ2v) is 4.32. The van der Waals surface area contributed by atoms with Crippen LogP contribution in [0.1, 0.15) is 30.0 Å². The van der Waals surface area contributed by atoms with Crippen LogP contribution in [0.3, 0.4) is 0 Å². The van der Waals surface area contributed by atoms with Crippen molar-refractivity contribution in [1.29, 1.82) is 5.26 Å². The number of ether oxygens (including phenoxy) is 1. The van der Waals surface area contributed by atoms with Crippen molar-refractivity contribution in [3.63, 3.8) is 0 Å². The monoisotopic (exact) mass is 252 g/mol. The summed E-state index contributed by atoms with van der Waals surface area (Å²) in [5, 5.41) is 12.5. The molecule has 1 aromatic carbocycles. The van der Waals surface area contributed by atoms with E-state index in [-0.39, 0.29) is 6.04 Å². The molecular formula is C13H17ClN2O. The van der Waals surface area contributed by atoms with Crippen LogP contribution in [-0.4, -0.2) is 14.2 Å². The summed E-state index contributed by atoms with van der Waals surface area (Å²) in [5.41, 5.74) is 2.02. The molecule has 1 atom stereocenters. The van der Waals surface area contributed by atoms with E-state index in [1.807, 2.05) is 26.1 Å². The number of methoxy groups -OCH3 is 1. The summed E-state index contributed by atoms with van der Waals surface area (Å²) in [6.07, 6.45) is 1.24. The molecule has 1 N–H and O–H groups in total. The molecule has 92 valence electrons. The van der Waals surface area contributed by atoms with E-state index in [2.05, 4.69) is 11.4 Å². The Morgan fingerprint density at radius 1 is 1.53 bits per heavy atom. The smallest absolute Gasteiger partial charge is 0.126 e. The molecule has 0 saturated heterocycles. The van der Waals surface area contributed by atoms with Crippen molar-refractivity contribution in [2.75, 3.05) is 14.2 Å². The predicted octanol–water partition coefficient (Wildman–Crippen LogP) is 3.22. The van der Waals surface area contributed by atoms with Gasteiger partial charge in [0.2, 0.25) is 0 Å². The zero-order chi connectivity index (χ0) is 12.8. The molecule has 0 amide bonds. The second-order valence-electron chi connectivity index (χ2n) is 3.88. The van der Waals surface area contributed by atoms with Crippen LogP contribution in [0.25, 0.3) is 0 Å². The Morgan fingerprint density at radius 3 is 2.76 bits per heavy atom. The molecule has 1 unspecified atom stereocenters. The van der Waals surface area contributed by atoms with Gasteiger partial charge in [-0.1, -0.05) is 11.6 Å². The summed E-state index contributed by atoms with van der Waals surface area (Å²) in [6, 6.07) is 6.01. The van der Waals surface area contributed by atoms with Crippen LogP contribution in [0.4, 0.5) is 0 Å². The molecule has 4 heteroatoms. The highest BCUT2D eigenvalue weighted by atomic mass is 35.5. The van der Waals surface area contributed by atoms with E-state index in [9.17, 15) is 0 Å². The Morgan fingerprint density at radius 2 is 2.24 bits per heavy atom. The zero-order valence-corrected chi connectivity index (χ0v) is 11.1. The first kappa shape index (κ1) is 13.8. The predicted molar refractivity (Wildman–Crippen MR) is 69.4 cm³/mol. The van der Waals surface area contributed by atoms with Gasteiger partial charge in [-0.05, 0) is 38.1 Å². The fourth-order valence-electron chi connectivity index (χ4n) is 1.96. The Hall–Kier alpha value is -1.24. The van der Waals surface area contributed by atoms with Gasteiger partial charge in [0.1, 0.15) is 5.75 Å². The molecule has 3 nitrogen and oxygen atoms in total. The third-order valence-electron chi connectivity index (χ3n) is 2.74. The number of aryl methyl sites for hydroxylation is 1. The molecule has 0 aliphatic heterocycles. The lowest BCUT2D eigenvalue weighted by Crippen LogP contribution is -2.17. The molecule has 0 radical (unpaired) electrons. The third kappa shape index (κ3) is 3.36. The van der Waals surface area contributed by atoms with Gasteiger partial charge in [0.05, 0.1) is 13.2 Å². The number of halogens is 1. The van der Waals surface area contributed by atoms with Gasteiger partial charge < -0.3 is 10.1 Å². The third-order valence-corrected chi connectivity index (χ3v) is 2.96. The molecule has 1 rings (SSSR count). The standard InChI is InChI=1S/C13H17ClN2O/c1-9-7-10(14)8-11(13(9)17-3)12(16-2)5-4-6-15/h7-8,12,16H,4-5H2,1-3H3. The van der Waals surface area contributed by atoms with Crippen LogP contribution in [0.2, 0.25) is 5.02 Å². The lowest BCUT2D eigenvalue weighted by Gasteiger charge is -2.20. The highest BCUT2D eigenvalue weighted by Gasteiger charge is 2.16. The molecule has 17 heavy (non-hydrogen) atoms. The maximum absolute atomic E-state index is 8.66. The first-order valence-corrected chi connectivity index (χ1v) is 5.90. The van der Waals surface area contributed by atoms with Crippen LogP contribution in [0, 0.1) is 18.3 Å². The van der Waals surface area contributed by atoms with Gasteiger partial charge in [-0.25, -0.2) is 0 Å². The number of hydrogen-bond acceptors (Lipinski definition) is 3. The largest absolute Gasteiger partial charge is 0.496 e. The van der Waals surface area contributed by atoms with Crippen LogP contribution in [-0.2, 0) is 0 Å². The fraction of sp³-hybridized carbons (Fsp3) is 0.462. The van der Waals surface area contributed by atoms with E-state index in [0.29, 0.717) is 11.4 Å². The fourth-order valence-corrected chi connectivity index (χ4v) is 2.24. The Kier molecular flexibility index (Phi) is 5.27.